The molecule has 0 saturated heterocycles. The number of allylic oxidation sites excluding steroid dienone is 2. The second-order valence-corrected chi connectivity index (χ2v) is 6.09. The van der Waals surface area contributed by atoms with Gasteiger partial charge in [0.05, 0.1) is 5.92 Å². The molecule has 0 aliphatic heterocycles. The summed E-state index contributed by atoms with van der Waals surface area (Å²) in [5.41, 5.74) is 7.62. The normalized spacial score (nSPS) is 25.5. The van der Waals surface area contributed by atoms with Gasteiger partial charge in [0.25, 0.3) is 0 Å². The van der Waals surface area contributed by atoms with Crippen molar-refractivity contribution in [2.75, 3.05) is 0 Å². The second kappa shape index (κ2) is 3.49. The van der Waals surface area contributed by atoms with E-state index < -0.39 is 0 Å². The number of Topliss-reactive ketones (excluding diaryl/α,β-unsaturated/α-hetero) is 1. The first kappa shape index (κ1) is 10.6. The maximum atomic E-state index is 12.9. The van der Waals surface area contributed by atoms with Gasteiger partial charge >= 0.3 is 0 Å². The van der Waals surface area contributed by atoms with Gasteiger partial charge in [0.15, 0.2) is 5.78 Å². The smallest absolute Gasteiger partial charge is 0.171 e. The monoisotopic (exact) mass is 258 g/mol. The Hall–Kier alpha value is -2.15. The SMILES string of the molecule is O=C1C2=C(Cc3ccccc32)C2Cc3ccccc3C12. The van der Waals surface area contributed by atoms with Crippen LogP contribution < -0.4 is 0 Å². The van der Waals surface area contributed by atoms with Crippen molar-refractivity contribution in [1.29, 1.82) is 0 Å². The number of hydrogen-bond acceptors (Lipinski definition) is 1. The lowest BCUT2D eigenvalue weighted by molar-refractivity contribution is -0.114. The molecule has 5 rings (SSSR count). The van der Waals surface area contributed by atoms with Crippen LogP contribution in [0.2, 0.25) is 0 Å². The summed E-state index contributed by atoms with van der Waals surface area (Å²) < 4.78 is 0. The molecule has 0 spiro atoms. The zero-order valence-corrected chi connectivity index (χ0v) is 11.1. The first-order valence-corrected chi connectivity index (χ1v) is 7.28. The summed E-state index contributed by atoms with van der Waals surface area (Å²) in [4.78, 5) is 12.9. The third kappa shape index (κ3) is 1.12. The van der Waals surface area contributed by atoms with Gasteiger partial charge in [-0.1, -0.05) is 48.5 Å². The highest BCUT2D eigenvalue weighted by molar-refractivity contribution is 6.28. The fourth-order valence-electron chi connectivity index (χ4n) is 4.39. The van der Waals surface area contributed by atoms with E-state index in [9.17, 15) is 4.79 Å². The minimum absolute atomic E-state index is 0.101. The van der Waals surface area contributed by atoms with Crippen LogP contribution in [0, 0.1) is 5.92 Å². The molecule has 0 aromatic heterocycles. The van der Waals surface area contributed by atoms with Gasteiger partial charge < -0.3 is 0 Å². The molecular formula is C19H14O. The minimum atomic E-state index is 0.101. The van der Waals surface area contributed by atoms with E-state index in [0.717, 1.165) is 18.4 Å². The molecule has 96 valence electrons. The van der Waals surface area contributed by atoms with Crippen LogP contribution in [0.15, 0.2) is 54.1 Å². The lowest BCUT2D eigenvalue weighted by Crippen LogP contribution is -2.13. The van der Waals surface area contributed by atoms with E-state index >= 15 is 0 Å². The van der Waals surface area contributed by atoms with Gasteiger partial charge in [-0.15, -0.1) is 0 Å². The van der Waals surface area contributed by atoms with Crippen LogP contribution in [0.25, 0.3) is 5.57 Å². The maximum Gasteiger partial charge on any atom is 0.171 e. The highest BCUT2D eigenvalue weighted by Gasteiger charge is 2.49. The van der Waals surface area contributed by atoms with E-state index in [0.29, 0.717) is 11.7 Å². The predicted octanol–water partition coefficient (Wildman–Crippen LogP) is 3.54. The summed E-state index contributed by atoms with van der Waals surface area (Å²) in [5.74, 6) is 0.881. The van der Waals surface area contributed by atoms with Crippen molar-refractivity contribution in [3.05, 3.63) is 76.4 Å². The van der Waals surface area contributed by atoms with Crippen molar-refractivity contribution in [3.63, 3.8) is 0 Å². The molecule has 20 heavy (non-hydrogen) atoms. The number of carbonyl (C=O) groups excluding carboxylic acids is 1. The Labute approximate surface area is 117 Å². The standard InChI is InChI=1S/C19H14O/c20-19-17-13-7-3-1-5-11(13)9-15(17)16-10-12-6-2-4-8-14(12)18(16)19/h1-8,15,17H,9-10H2. The molecule has 1 heteroatoms. The number of benzene rings is 2. The Bertz CT molecular complexity index is 797. The van der Waals surface area contributed by atoms with Gasteiger partial charge in [-0.3, -0.25) is 4.79 Å². The molecule has 2 aromatic rings. The summed E-state index contributed by atoms with van der Waals surface area (Å²) in [6.45, 7) is 0. The van der Waals surface area contributed by atoms with Crippen LogP contribution in [-0.4, -0.2) is 5.78 Å². The molecular weight excluding hydrogens is 244 g/mol. The van der Waals surface area contributed by atoms with E-state index in [4.69, 9.17) is 0 Å². The predicted molar refractivity (Wildman–Crippen MR) is 78.5 cm³/mol. The number of ketones is 1. The summed E-state index contributed by atoms with van der Waals surface area (Å²) >= 11 is 0. The fourth-order valence-corrected chi connectivity index (χ4v) is 4.39. The Balaban J connectivity index is 1.69. The lowest BCUT2D eigenvalue weighted by Gasteiger charge is -2.14. The first-order chi connectivity index (χ1) is 9.84. The number of fused-ring (bicyclic) bond motifs is 6. The second-order valence-electron chi connectivity index (χ2n) is 6.09. The highest BCUT2D eigenvalue weighted by atomic mass is 16.1. The third-order valence-corrected chi connectivity index (χ3v) is 5.20. The van der Waals surface area contributed by atoms with Crippen molar-refractivity contribution in [1.82, 2.24) is 0 Å². The maximum absolute atomic E-state index is 12.9. The topological polar surface area (TPSA) is 17.1 Å². The van der Waals surface area contributed by atoms with Crippen LogP contribution >= 0.6 is 0 Å². The minimum Gasteiger partial charge on any atom is -0.293 e. The summed E-state index contributed by atoms with van der Waals surface area (Å²) in [6, 6.07) is 16.9. The van der Waals surface area contributed by atoms with Gasteiger partial charge in [0.1, 0.15) is 0 Å². The molecule has 1 nitrogen and oxygen atoms in total. The molecule has 0 amide bonds. The third-order valence-electron chi connectivity index (χ3n) is 5.20. The average Bonchev–Trinajstić information content (AvgIpc) is 3.10. The van der Waals surface area contributed by atoms with Gasteiger partial charge in [0, 0.05) is 5.57 Å². The van der Waals surface area contributed by atoms with Gasteiger partial charge in [-0.25, -0.2) is 0 Å². The number of carbonyl (C=O) groups is 1. The van der Waals surface area contributed by atoms with Crippen molar-refractivity contribution in [2.24, 2.45) is 5.92 Å². The Morgan fingerprint density at radius 2 is 1.65 bits per heavy atom. The van der Waals surface area contributed by atoms with Gasteiger partial charge in [-0.2, -0.15) is 0 Å². The molecule has 0 fully saturated rings. The van der Waals surface area contributed by atoms with Gasteiger partial charge in [0.2, 0.25) is 0 Å². The average molecular weight is 258 g/mol. The van der Waals surface area contributed by atoms with E-state index in [2.05, 4.69) is 42.5 Å². The first-order valence-electron chi connectivity index (χ1n) is 7.28. The number of rotatable bonds is 0. The number of hydrogen-bond donors (Lipinski definition) is 0. The molecule has 3 aliphatic rings. The van der Waals surface area contributed by atoms with Gasteiger partial charge in [-0.05, 0) is 46.6 Å². The molecule has 2 atom stereocenters. The largest absolute Gasteiger partial charge is 0.293 e. The summed E-state index contributed by atoms with van der Waals surface area (Å²) in [7, 11) is 0. The quantitative estimate of drug-likeness (QED) is 0.706. The molecule has 0 bridgehead atoms. The summed E-state index contributed by atoms with van der Waals surface area (Å²) in [5, 5.41) is 0. The van der Waals surface area contributed by atoms with Crippen LogP contribution in [0.1, 0.15) is 28.2 Å². The lowest BCUT2D eigenvalue weighted by atomic mass is 9.88. The summed E-state index contributed by atoms with van der Waals surface area (Å²) in [6.07, 6.45) is 2.02. The van der Waals surface area contributed by atoms with E-state index in [1.54, 1.807) is 0 Å². The molecule has 0 radical (unpaired) electrons. The molecule has 3 aliphatic carbocycles. The van der Waals surface area contributed by atoms with Crippen LogP contribution in [0.3, 0.4) is 0 Å². The van der Waals surface area contributed by atoms with Crippen molar-refractivity contribution >= 4 is 11.4 Å². The van der Waals surface area contributed by atoms with Crippen molar-refractivity contribution in [3.8, 4) is 0 Å². The highest BCUT2D eigenvalue weighted by Crippen LogP contribution is 2.55. The molecule has 2 unspecified atom stereocenters. The van der Waals surface area contributed by atoms with Crippen LogP contribution in [0.4, 0.5) is 0 Å². The van der Waals surface area contributed by atoms with Crippen molar-refractivity contribution < 1.29 is 4.79 Å². The van der Waals surface area contributed by atoms with E-state index in [1.165, 1.54) is 27.8 Å². The zero-order valence-electron chi connectivity index (χ0n) is 11.1. The Kier molecular flexibility index (Phi) is 1.85. The van der Waals surface area contributed by atoms with Crippen molar-refractivity contribution in [2.45, 2.75) is 18.8 Å². The van der Waals surface area contributed by atoms with Crippen LogP contribution in [-0.2, 0) is 17.6 Å². The molecule has 0 heterocycles. The molecule has 0 saturated carbocycles. The fraction of sp³-hybridized carbons (Fsp3) is 0.211. The molecule has 0 N–H and O–H groups in total. The van der Waals surface area contributed by atoms with E-state index in [1.807, 2.05) is 6.07 Å². The van der Waals surface area contributed by atoms with E-state index in [-0.39, 0.29) is 5.92 Å². The Morgan fingerprint density at radius 3 is 2.55 bits per heavy atom. The zero-order chi connectivity index (χ0) is 13.3. The Morgan fingerprint density at radius 1 is 0.900 bits per heavy atom. The van der Waals surface area contributed by atoms with Crippen LogP contribution in [0.5, 0.6) is 0 Å². The molecule has 2 aromatic carbocycles.